The van der Waals surface area contributed by atoms with Gasteiger partial charge in [0.05, 0.1) is 0 Å². The van der Waals surface area contributed by atoms with Crippen molar-refractivity contribution < 1.29 is 14.3 Å². The van der Waals surface area contributed by atoms with Crippen LogP contribution in [0.3, 0.4) is 0 Å². The minimum atomic E-state index is -3.35. The third kappa shape index (κ3) is 9.31. The Hall–Kier alpha value is -3.42. The average molecular weight is 903 g/mol. The summed E-state index contributed by atoms with van der Waals surface area (Å²) in [5.41, 5.74) is 0.690. The van der Waals surface area contributed by atoms with Crippen molar-refractivity contribution in [2.45, 2.75) is 136 Å². The molecule has 1 amide bonds. The number of unbranched alkanes of at least 4 members (excludes halogenated alkanes) is 3. The van der Waals surface area contributed by atoms with E-state index in [1.807, 2.05) is 4.90 Å². The minimum absolute atomic E-state index is 0.166. The zero-order valence-electron chi connectivity index (χ0n) is 36.3. The van der Waals surface area contributed by atoms with E-state index in [-0.39, 0.29) is 23.5 Å². The number of nitrogens with zero attached hydrogens (tertiary/aromatic N) is 1. The quantitative estimate of drug-likeness (QED) is 0.0783. The number of Topliss-reactive ketones (excluding diaryl/α,β-unsaturated/α-hetero) is 1. The summed E-state index contributed by atoms with van der Waals surface area (Å²) >= 11 is -3.35. The molecule has 58 heavy (non-hydrogen) atoms. The van der Waals surface area contributed by atoms with E-state index in [2.05, 4.69) is 169 Å². The number of hydrogen-bond acceptors (Lipinski definition) is 3. The van der Waals surface area contributed by atoms with Crippen molar-refractivity contribution in [2.24, 2.45) is 11.8 Å². The molecule has 6 heteroatoms. The number of benzene rings is 4. The monoisotopic (exact) mass is 903 g/mol. The van der Waals surface area contributed by atoms with Gasteiger partial charge in [-0.05, 0) is 0 Å². The summed E-state index contributed by atoms with van der Waals surface area (Å²) in [5.74, 6) is 0.916. The first-order valence-electron chi connectivity index (χ1n) is 22.6. The van der Waals surface area contributed by atoms with Crippen LogP contribution in [0.2, 0.25) is 13.3 Å². The van der Waals surface area contributed by atoms with Crippen LogP contribution in [0, 0.1) is 11.8 Å². The maximum absolute atomic E-state index is 15.7. The number of hydrogen-bond donors (Lipinski definition) is 0. The SMILES string of the molecule is CCC[CH2][Sn]([CH2]CCC)([CH2]CCC)[C]1=CN(C(=O)O[C@@H]2C[C@H](C)CC[C@H]2C(C)(C)c2ccccc2)[C@@H]([Si](c2ccccc2)(c2ccccc2)c2ccccc2)CC1=O. The van der Waals surface area contributed by atoms with Gasteiger partial charge in [-0.3, -0.25) is 0 Å². The van der Waals surface area contributed by atoms with Crippen molar-refractivity contribution >= 4 is 53.9 Å². The summed E-state index contributed by atoms with van der Waals surface area (Å²) in [5, 5.41) is 3.60. The van der Waals surface area contributed by atoms with E-state index in [4.69, 9.17) is 4.74 Å². The van der Waals surface area contributed by atoms with Crippen LogP contribution in [-0.2, 0) is 14.9 Å². The van der Waals surface area contributed by atoms with Crippen molar-refractivity contribution in [2.75, 3.05) is 0 Å². The van der Waals surface area contributed by atoms with Crippen molar-refractivity contribution in [3.8, 4) is 0 Å². The van der Waals surface area contributed by atoms with Crippen LogP contribution in [0.4, 0.5) is 4.79 Å². The number of carbonyl (C=O) groups excluding carboxylic acids is 2. The summed E-state index contributed by atoms with van der Waals surface area (Å²) in [4.78, 5) is 33.2. The molecule has 4 atom stereocenters. The first-order valence-corrected chi connectivity index (χ1v) is 32.1. The van der Waals surface area contributed by atoms with E-state index in [1.165, 1.54) is 34.4 Å². The molecule has 1 saturated carbocycles. The molecule has 1 aliphatic carbocycles. The van der Waals surface area contributed by atoms with Crippen LogP contribution in [0.1, 0.15) is 111 Å². The summed E-state index contributed by atoms with van der Waals surface area (Å²) in [6.45, 7) is 13.8. The van der Waals surface area contributed by atoms with Crippen molar-refractivity contribution in [1.29, 1.82) is 0 Å². The molecule has 0 radical (unpaired) electrons. The first-order chi connectivity index (χ1) is 28.1. The zero-order valence-corrected chi connectivity index (χ0v) is 40.2. The molecule has 6 rings (SSSR count). The fraction of sp³-hybridized carbons (Fsp3) is 0.462. The van der Waals surface area contributed by atoms with Gasteiger partial charge < -0.3 is 0 Å². The Kier molecular flexibility index (Phi) is 15.4. The number of ketones is 1. The van der Waals surface area contributed by atoms with Gasteiger partial charge in [0, 0.05) is 0 Å². The van der Waals surface area contributed by atoms with Gasteiger partial charge in [-0.25, -0.2) is 0 Å². The Morgan fingerprint density at radius 3 is 1.60 bits per heavy atom. The van der Waals surface area contributed by atoms with Crippen LogP contribution in [0.5, 0.6) is 0 Å². The van der Waals surface area contributed by atoms with Gasteiger partial charge in [0.1, 0.15) is 0 Å². The standard InChI is InChI=1S/C40H42NO3Si.3C4H9.Sn/c1-30-24-25-36(40(2,3)31-16-8-4-9-17-31)37(28-30)44-39(43)41-27-26-32(42)29-38(41)45(33-18-10-5-11-19-33,34-20-12-6-13-21-34)35-22-14-7-15-23-35;3*1-3-4-2;/h4-23,27,30,36-38H,24-25,28-29H2,1-3H3;3*1,3-4H2,2H3;/t30-,36-,37-,38+;;;;/m1..../s1. The van der Waals surface area contributed by atoms with Crippen LogP contribution in [-0.4, -0.2) is 55.0 Å². The van der Waals surface area contributed by atoms with Gasteiger partial charge in [-0.2, -0.15) is 0 Å². The van der Waals surface area contributed by atoms with Gasteiger partial charge in [-0.15, -0.1) is 0 Å². The van der Waals surface area contributed by atoms with Crippen LogP contribution >= 0.6 is 0 Å². The number of rotatable bonds is 17. The number of amides is 1. The van der Waals surface area contributed by atoms with E-state index >= 15 is 9.59 Å². The van der Waals surface area contributed by atoms with Gasteiger partial charge in [0.15, 0.2) is 0 Å². The number of allylic oxidation sites excluding steroid dienone is 1. The van der Waals surface area contributed by atoms with E-state index in [9.17, 15) is 0 Å². The molecular weight excluding hydrogens is 833 g/mol. The molecule has 4 aromatic carbocycles. The molecule has 1 aliphatic heterocycles. The van der Waals surface area contributed by atoms with E-state index in [1.54, 1.807) is 0 Å². The molecule has 2 aliphatic rings. The fourth-order valence-electron chi connectivity index (χ4n) is 10.7. The Balaban J connectivity index is 1.58. The van der Waals surface area contributed by atoms with E-state index in [0.717, 1.165) is 61.4 Å². The second kappa shape index (κ2) is 20.2. The maximum atomic E-state index is 15.7. The summed E-state index contributed by atoms with van der Waals surface area (Å²) in [7, 11) is -3.16. The molecule has 0 spiro atoms. The van der Waals surface area contributed by atoms with Crippen molar-refractivity contribution in [3.05, 3.63) is 137 Å². The molecule has 0 bridgehead atoms. The Morgan fingerprint density at radius 1 is 0.707 bits per heavy atom. The first kappa shape index (κ1) is 44.1. The number of carbonyl (C=O) groups is 2. The summed E-state index contributed by atoms with van der Waals surface area (Å²) < 4.78 is 11.6. The predicted molar refractivity (Wildman–Crippen MR) is 248 cm³/mol. The molecule has 308 valence electrons. The predicted octanol–water partition coefficient (Wildman–Crippen LogP) is 11.5. The van der Waals surface area contributed by atoms with Crippen LogP contribution in [0.15, 0.2) is 131 Å². The molecule has 1 heterocycles. The summed E-state index contributed by atoms with van der Waals surface area (Å²) in [6.07, 6.45) is 11.7. The normalized spacial score (nSPS) is 20.4. The van der Waals surface area contributed by atoms with E-state index < -0.39 is 32.1 Å². The van der Waals surface area contributed by atoms with Gasteiger partial charge >= 0.3 is 358 Å². The topological polar surface area (TPSA) is 46.6 Å². The molecule has 4 nitrogen and oxygen atoms in total. The average Bonchev–Trinajstić information content (AvgIpc) is 3.25. The second-order valence-corrected chi connectivity index (χ2v) is 35.3. The molecule has 4 aromatic rings. The zero-order chi connectivity index (χ0) is 41.2. The Labute approximate surface area is 355 Å². The molecular formula is C52H69NO3SiSn. The Bertz CT molecular complexity index is 1810. The van der Waals surface area contributed by atoms with Gasteiger partial charge in [0.2, 0.25) is 0 Å². The van der Waals surface area contributed by atoms with Crippen molar-refractivity contribution in [1.82, 2.24) is 4.90 Å². The third-order valence-corrected chi connectivity index (χ3v) is 34.9. The molecule has 0 N–H and O–H groups in total. The van der Waals surface area contributed by atoms with Crippen LogP contribution < -0.4 is 15.6 Å². The molecule has 0 saturated heterocycles. The van der Waals surface area contributed by atoms with Gasteiger partial charge in [-0.1, -0.05) is 0 Å². The van der Waals surface area contributed by atoms with E-state index in [0.29, 0.717) is 18.1 Å². The molecule has 0 unspecified atom stereocenters. The van der Waals surface area contributed by atoms with Crippen LogP contribution in [0.25, 0.3) is 0 Å². The van der Waals surface area contributed by atoms with Crippen molar-refractivity contribution in [3.63, 3.8) is 0 Å². The third-order valence-electron chi connectivity index (χ3n) is 14.0. The van der Waals surface area contributed by atoms with Gasteiger partial charge in [0.25, 0.3) is 0 Å². The molecule has 1 fully saturated rings. The fourth-order valence-corrected chi connectivity index (χ4v) is 32.5. The number of ether oxygens (including phenoxy) is 1. The Morgan fingerprint density at radius 2 is 1.16 bits per heavy atom. The second-order valence-electron chi connectivity index (χ2n) is 18.1. The summed E-state index contributed by atoms with van der Waals surface area (Å²) in [6, 6.07) is 43.2. The molecule has 0 aromatic heterocycles.